The van der Waals surface area contributed by atoms with E-state index in [1.54, 1.807) is 6.92 Å². The second-order valence-electron chi connectivity index (χ2n) is 4.79. The van der Waals surface area contributed by atoms with Gasteiger partial charge in [-0.05, 0) is 24.8 Å². The number of carboxylic acid groups (broad SMARTS) is 1. The van der Waals surface area contributed by atoms with Crippen LogP contribution in [0.25, 0.3) is 0 Å². The van der Waals surface area contributed by atoms with Gasteiger partial charge in [0, 0.05) is 13.1 Å². The lowest BCUT2D eigenvalue weighted by molar-refractivity contribution is -0.141. The zero-order valence-electron chi connectivity index (χ0n) is 9.36. The normalized spacial score (nSPS) is 20.9. The lowest BCUT2D eigenvalue weighted by Gasteiger charge is -2.41. The van der Waals surface area contributed by atoms with Crippen LogP contribution in [0.15, 0.2) is 0 Å². The largest absolute Gasteiger partial charge is 0.481 e. The molecule has 0 amide bonds. The molecule has 1 fully saturated rings. The monoisotopic (exact) mass is 199 g/mol. The molecule has 1 aliphatic heterocycles. The molecular weight excluding hydrogens is 178 g/mol. The van der Waals surface area contributed by atoms with Crippen LogP contribution in [-0.2, 0) is 4.79 Å². The molecule has 1 N–H and O–H groups in total. The Morgan fingerprint density at radius 3 is 2.43 bits per heavy atom. The maximum atomic E-state index is 10.6. The summed E-state index contributed by atoms with van der Waals surface area (Å²) in [6.07, 6.45) is 0.778. The molecule has 1 aliphatic rings. The molecule has 1 heterocycles. The fraction of sp³-hybridized carbons (Fsp3) is 0.909. The van der Waals surface area contributed by atoms with Crippen LogP contribution < -0.4 is 0 Å². The van der Waals surface area contributed by atoms with E-state index in [0.717, 1.165) is 37.9 Å². The minimum absolute atomic E-state index is 0.201. The van der Waals surface area contributed by atoms with E-state index in [9.17, 15) is 4.79 Å². The van der Waals surface area contributed by atoms with Crippen molar-refractivity contribution in [3.05, 3.63) is 0 Å². The topological polar surface area (TPSA) is 40.5 Å². The number of hydrogen-bond acceptors (Lipinski definition) is 2. The first kappa shape index (κ1) is 11.5. The number of carboxylic acids is 1. The zero-order chi connectivity index (χ0) is 10.7. The average Bonchev–Trinajstić information content (AvgIpc) is 1.99. The van der Waals surface area contributed by atoms with E-state index in [2.05, 4.69) is 18.7 Å². The first-order valence-electron chi connectivity index (χ1n) is 5.46. The number of nitrogens with zero attached hydrogens (tertiary/aromatic N) is 1. The molecule has 1 atom stereocenters. The van der Waals surface area contributed by atoms with Crippen molar-refractivity contribution in [1.29, 1.82) is 0 Å². The molecule has 0 aromatic carbocycles. The van der Waals surface area contributed by atoms with Gasteiger partial charge in [0.2, 0.25) is 0 Å². The molecule has 0 aromatic rings. The average molecular weight is 199 g/mol. The van der Waals surface area contributed by atoms with Crippen LogP contribution in [0.3, 0.4) is 0 Å². The zero-order valence-corrected chi connectivity index (χ0v) is 9.36. The van der Waals surface area contributed by atoms with Crippen molar-refractivity contribution in [2.45, 2.75) is 27.2 Å². The Balaban J connectivity index is 2.09. The van der Waals surface area contributed by atoms with E-state index in [-0.39, 0.29) is 5.92 Å². The minimum atomic E-state index is -0.675. The predicted octanol–water partition coefficient (Wildman–Crippen LogP) is 1.69. The fourth-order valence-electron chi connectivity index (χ4n) is 1.71. The van der Waals surface area contributed by atoms with Crippen molar-refractivity contribution in [2.75, 3.05) is 19.6 Å². The summed E-state index contributed by atoms with van der Waals surface area (Å²) in [5.41, 5.74) is 0. The highest BCUT2D eigenvalue weighted by Crippen LogP contribution is 2.23. The fourth-order valence-corrected chi connectivity index (χ4v) is 1.71. The van der Waals surface area contributed by atoms with Crippen LogP contribution in [0.2, 0.25) is 0 Å². The molecule has 3 heteroatoms. The summed E-state index contributed by atoms with van der Waals surface area (Å²) >= 11 is 0. The summed E-state index contributed by atoms with van der Waals surface area (Å²) < 4.78 is 0. The number of hydrogen-bond donors (Lipinski definition) is 1. The third kappa shape index (κ3) is 2.98. The summed E-state index contributed by atoms with van der Waals surface area (Å²) in [6.45, 7) is 9.54. The molecule has 1 rings (SSSR count). The quantitative estimate of drug-likeness (QED) is 0.732. The van der Waals surface area contributed by atoms with E-state index < -0.39 is 5.97 Å². The highest BCUT2D eigenvalue weighted by Gasteiger charge is 2.28. The van der Waals surface area contributed by atoms with Crippen molar-refractivity contribution in [3.8, 4) is 0 Å². The second-order valence-corrected chi connectivity index (χ2v) is 4.79. The van der Waals surface area contributed by atoms with Gasteiger partial charge < -0.3 is 10.0 Å². The van der Waals surface area contributed by atoms with E-state index >= 15 is 0 Å². The van der Waals surface area contributed by atoms with Crippen LogP contribution in [0, 0.1) is 17.8 Å². The maximum Gasteiger partial charge on any atom is 0.306 e. The second kappa shape index (κ2) is 4.78. The van der Waals surface area contributed by atoms with Gasteiger partial charge in [-0.2, -0.15) is 0 Å². The van der Waals surface area contributed by atoms with Crippen molar-refractivity contribution in [2.24, 2.45) is 17.8 Å². The Hall–Kier alpha value is -0.570. The van der Waals surface area contributed by atoms with Crippen LogP contribution in [0.5, 0.6) is 0 Å². The van der Waals surface area contributed by atoms with Crippen LogP contribution >= 0.6 is 0 Å². The highest BCUT2D eigenvalue weighted by atomic mass is 16.4. The van der Waals surface area contributed by atoms with Gasteiger partial charge in [-0.3, -0.25) is 4.79 Å². The molecule has 1 saturated heterocycles. The van der Waals surface area contributed by atoms with E-state index in [1.807, 2.05) is 0 Å². The van der Waals surface area contributed by atoms with Gasteiger partial charge in [0.15, 0.2) is 0 Å². The molecule has 0 saturated carbocycles. The van der Waals surface area contributed by atoms with Crippen LogP contribution in [-0.4, -0.2) is 35.6 Å². The molecule has 82 valence electrons. The summed E-state index contributed by atoms with van der Waals surface area (Å²) in [7, 11) is 0. The third-order valence-electron chi connectivity index (χ3n) is 3.23. The molecule has 0 radical (unpaired) electrons. The van der Waals surface area contributed by atoms with Crippen molar-refractivity contribution < 1.29 is 9.90 Å². The number of aliphatic carboxylic acids is 1. The molecule has 0 spiro atoms. The molecular formula is C11H21NO2. The molecule has 14 heavy (non-hydrogen) atoms. The number of carbonyl (C=O) groups is 1. The molecule has 0 aliphatic carbocycles. The number of likely N-dealkylation sites (tertiary alicyclic amines) is 1. The van der Waals surface area contributed by atoms with Crippen molar-refractivity contribution in [1.82, 2.24) is 4.90 Å². The van der Waals surface area contributed by atoms with Gasteiger partial charge in [0.1, 0.15) is 0 Å². The van der Waals surface area contributed by atoms with Gasteiger partial charge >= 0.3 is 5.97 Å². The van der Waals surface area contributed by atoms with Crippen LogP contribution in [0.1, 0.15) is 27.2 Å². The van der Waals surface area contributed by atoms with E-state index in [0.29, 0.717) is 0 Å². The highest BCUT2D eigenvalue weighted by molar-refractivity contribution is 5.69. The van der Waals surface area contributed by atoms with E-state index in [1.165, 1.54) is 0 Å². The maximum absolute atomic E-state index is 10.6. The molecule has 3 nitrogen and oxygen atoms in total. The van der Waals surface area contributed by atoms with Gasteiger partial charge in [-0.1, -0.05) is 20.8 Å². The molecule has 1 unspecified atom stereocenters. The Kier molecular flexibility index (Phi) is 3.93. The third-order valence-corrected chi connectivity index (χ3v) is 3.23. The van der Waals surface area contributed by atoms with Crippen LogP contribution in [0.4, 0.5) is 0 Å². The molecule has 0 aromatic heterocycles. The smallest absolute Gasteiger partial charge is 0.306 e. The van der Waals surface area contributed by atoms with Gasteiger partial charge in [0.25, 0.3) is 0 Å². The summed E-state index contributed by atoms with van der Waals surface area (Å²) in [4.78, 5) is 12.9. The summed E-state index contributed by atoms with van der Waals surface area (Å²) in [5.74, 6) is 0.720. The van der Waals surface area contributed by atoms with Crippen molar-refractivity contribution in [3.63, 3.8) is 0 Å². The van der Waals surface area contributed by atoms with Gasteiger partial charge in [0.05, 0.1) is 5.92 Å². The standard InChI is InChI=1S/C11H21NO2/c1-8(2)10-6-12(7-10)5-4-9(3)11(13)14/h8-10H,4-7H2,1-3H3,(H,13,14). The first-order chi connectivity index (χ1) is 6.50. The minimum Gasteiger partial charge on any atom is -0.481 e. The van der Waals surface area contributed by atoms with E-state index in [4.69, 9.17) is 5.11 Å². The lowest BCUT2D eigenvalue weighted by Crippen LogP contribution is -2.49. The van der Waals surface area contributed by atoms with Gasteiger partial charge in [-0.25, -0.2) is 0 Å². The number of rotatable bonds is 5. The first-order valence-corrected chi connectivity index (χ1v) is 5.46. The Morgan fingerprint density at radius 2 is 2.00 bits per heavy atom. The Morgan fingerprint density at radius 1 is 1.43 bits per heavy atom. The molecule has 0 bridgehead atoms. The lowest BCUT2D eigenvalue weighted by atomic mass is 9.88. The Bertz CT molecular complexity index is 197. The predicted molar refractivity (Wildman–Crippen MR) is 56.2 cm³/mol. The summed E-state index contributed by atoms with van der Waals surface area (Å²) in [6, 6.07) is 0. The van der Waals surface area contributed by atoms with Crippen molar-refractivity contribution >= 4 is 5.97 Å². The SMILES string of the molecule is CC(CCN1CC(C(C)C)C1)C(=O)O. The van der Waals surface area contributed by atoms with Gasteiger partial charge in [-0.15, -0.1) is 0 Å². The summed E-state index contributed by atoms with van der Waals surface area (Å²) in [5, 5.41) is 8.71. The Labute approximate surface area is 86.1 Å².